The maximum Gasteiger partial charge on any atom is 0.228 e. The van der Waals surface area contributed by atoms with Crippen molar-refractivity contribution in [3.05, 3.63) is 0 Å². The van der Waals surface area contributed by atoms with E-state index in [0.717, 1.165) is 32.4 Å². The number of hydrogen-bond donors (Lipinski definition) is 1. The van der Waals surface area contributed by atoms with Crippen LogP contribution in [0.25, 0.3) is 0 Å². The Kier molecular flexibility index (Phi) is 3.76. The fourth-order valence-electron chi connectivity index (χ4n) is 3.21. The van der Waals surface area contributed by atoms with Crippen LogP contribution in [0.2, 0.25) is 0 Å². The number of nitrogens with zero attached hydrogens (tertiary/aromatic N) is 1. The fraction of sp³-hybridized carbons (Fsp3) is 0.929. The Bertz CT molecular complexity index is 284. The number of carbonyl (C=O) groups is 1. The molecule has 1 aliphatic heterocycles. The van der Waals surface area contributed by atoms with E-state index in [1.54, 1.807) is 0 Å². The summed E-state index contributed by atoms with van der Waals surface area (Å²) >= 11 is 0. The molecule has 0 aromatic heterocycles. The van der Waals surface area contributed by atoms with Gasteiger partial charge in [-0.25, -0.2) is 0 Å². The first-order valence-electron chi connectivity index (χ1n) is 7.08. The minimum atomic E-state index is -0.0987. The van der Waals surface area contributed by atoms with Crippen molar-refractivity contribution in [2.24, 2.45) is 17.1 Å². The van der Waals surface area contributed by atoms with Gasteiger partial charge in [-0.15, -0.1) is 0 Å². The number of piperidine rings is 1. The molecule has 1 amide bonds. The number of hydrogen-bond acceptors (Lipinski definition) is 2. The summed E-state index contributed by atoms with van der Waals surface area (Å²) in [6.07, 6.45) is 6.89. The van der Waals surface area contributed by atoms with E-state index in [9.17, 15) is 4.79 Å². The van der Waals surface area contributed by atoms with Gasteiger partial charge in [-0.3, -0.25) is 4.79 Å². The summed E-state index contributed by atoms with van der Waals surface area (Å²) in [6.45, 7) is 6.01. The van der Waals surface area contributed by atoms with Crippen LogP contribution in [0, 0.1) is 11.3 Å². The highest BCUT2D eigenvalue weighted by Crippen LogP contribution is 2.38. The number of likely N-dealkylation sites (tertiary alicyclic amines) is 1. The van der Waals surface area contributed by atoms with Crippen molar-refractivity contribution in [1.29, 1.82) is 0 Å². The molecular weight excluding hydrogens is 212 g/mol. The Morgan fingerprint density at radius 3 is 2.53 bits per heavy atom. The monoisotopic (exact) mass is 238 g/mol. The summed E-state index contributed by atoms with van der Waals surface area (Å²) in [5.74, 6) is 0.915. The van der Waals surface area contributed by atoms with Gasteiger partial charge < -0.3 is 10.6 Å². The Morgan fingerprint density at radius 1 is 1.29 bits per heavy atom. The van der Waals surface area contributed by atoms with Crippen molar-refractivity contribution >= 4 is 5.91 Å². The third-order valence-corrected chi connectivity index (χ3v) is 4.78. The van der Waals surface area contributed by atoms with E-state index in [4.69, 9.17) is 5.73 Å². The molecule has 17 heavy (non-hydrogen) atoms. The van der Waals surface area contributed by atoms with E-state index in [0.29, 0.717) is 11.8 Å². The third-order valence-electron chi connectivity index (χ3n) is 4.78. The van der Waals surface area contributed by atoms with Crippen LogP contribution in [0.5, 0.6) is 0 Å². The lowest BCUT2D eigenvalue weighted by Gasteiger charge is -2.41. The zero-order valence-corrected chi connectivity index (χ0v) is 11.2. The molecule has 2 aliphatic rings. The van der Waals surface area contributed by atoms with Crippen LogP contribution in [0.1, 0.15) is 52.4 Å². The van der Waals surface area contributed by atoms with Gasteiger partial charge in [0.05, 0.1) is 0 Å². The summed E-state index contributed by atoms with van der Waals surface area (Å²) in [4.78, 5) is 14.6. The zero-order valence-electron chi connectivity index (χ0n) is 11.2. The van der Waals surface area contributed by atoms with Crippen LogP contribution in [-0.4, -0.2) is 29.9 Å². The minimum absolute atomic E-state index is 0.0987. The van der Waals surface area contributed by atoms with Gasteiger partial charge in [0.25, 0.3) is 0 Å². The van der Waals surface area contributed by atoms with E-state index in [1.807, 2.05) is 4.90 Å². The van der Waals surface area contributed by atoms with E-state index >= 15 is 0 Å². The molecule has 3 nitrogen and oxygen atoms in total. The highest BCUT2D eigenvalue weighted by Gasteiger charge is 2.39. The van der Waals surface area contributed by atoms with E-state index < -0.39 is 0 Å². The van der Waals surface area contributed by atoms with Gasteiger partial charge in [-0.05, 0) is 25.2 Å². The van der Waals surface area contributed by atoms with E-state index in [2.05, 4.69) is 13.8 Å². The van der Waals surface area contributed by atoms with Gasteiger partial charge in [-0.1, -0.05) is 33.1 Å². The van der Waals surface area contributed by atoms with E-state index in [-0.39, 0.29) is 11.5 Å². The number of amides is 1. The Balaban J connectivity index is 1.99. The molecular formula is C14H26N2O. The molecule has 1 saturated heterocycles. The number of rotatable bonds is 1. The predicted octanol–water partition coefficient (Wildman–Crippen LogP) is 2.15. The highest BCUT2D eigenvalue weighted by atomic mass is 16.2. The molecule has 2 N–H and O–H groups in total. The summed E-state index contributed by atoms with van der Waals surface area (Å²) < 4.78 is 0. The Hall–Kier alpha value is -0.570. The molecule has 0 spiro atoms. The maximum atomic E-state index is 12.6. The van der Waals surface area contributed by atoms with Crippen molar-refractivity contribution in [3.8, 4) is 0 Å². The molecule has 2 unspecified atom stereocenters. The molecule has 98 valence electrons. The van der Waals surface area contributed by atoms with Crippen LogP contribution < -0.4 is 5.73 Å². The van der Waals surface area contributed by atoms with Gasteiger partial charge in [0.2, 0.25) is 5.91 Å². The first kappa shape index (κ1) is 12.9. The average molecular weight is 238 g/mol. The number of nitrogens with two attached hydrogens (primary N) is 1. The SMILES string of the molecule is CC1CCN(C(=O)C2(C)CCCCC2)CC1N. The third kappa shape index (κ3) is 2.65. The lowest BCUT2D eigenvalue weighted by Crippen LogP contribution is -2.53. The summed E-state index contributed by atoms with van der Waals surface area (Å²) in [6, 6.07) is 0.167. The molecule has 2 atom stereocenters. The first-order valence-corrected chi connectivity index (χ1v) is 7.08. The highest BCUT2D eigenvalue weighted by molar-refractivity contribution is 5.82. The second kappa shape index (κ2) is 4.97. The normalized spacial score (nSPS) is 33.5. The quantitative estimate of drug-likeness (QED) is 0.761. The lowest BCUT2D eigenvalue weighted by atomic mass is 9.74. The van der Waals surface area contributed by atoms with Crippen molar-refractivity contribution in [2.75, 3.05) is 13.1 Å². The predicted molar refractivity (Wildman–Crippen MR) is 69.5 cm³/mol. The van der Waals surface area contributed by atoms with Gasteiger partial charge in [0.15, 0.2) is 0 Å². The molecule has 1 saturated carbocycles. The van der Waals surface area contributed by atoms with Crippen molar-refractivity contribution < 1.29 is 4.79 Å². The van der Waals surface area contributed by atoms with Crippen LogP contribution >= 0.6 is 0 Å². The summed E-state index contributed by atoms with van der Waals surface area (Å²) in [5, 5.41) is 0. The molecule has 3 heteroatoms. The number of carbonyl (C=O) groups excluding carboxylic acids is 1. The summed E-state index contributed by atoms with van der Waals surface area (Å²) in [7, 11) is 0. The largest absolute Gasteiger partial charge is 0.341 e. The maximum absolute atomic E-state index is 12.6. The zero-order chi connectivity index (χ0) is 12.5. The van der Waals surface area contributed by atoms with Crippen LogP contribution in [-0.2, 0) is 4.79 Å². The van der Waals surface area contributed by atoms with Crippen LogP contribution in [0.4, 0.5) is 0 Å². The molecule has 2 rings (SSSR count). The van der Waals surface area contributed by atoms with Gasteiger partial charge in [0.1, 0.15) is 0 Å². The molecule has 0 bridgehead atoms. The Morgan fingerprint density at radius 2 is 1.94 bits per heavy atom. The topological polar surface area (TPSA) is 46.3 Å². The second-order valence-corrected chi connectivity index (χ2v) is 6.30. The smallest absolute Gasteiger partial charge is 0.228 e. The van der Waals surface area contributed by atoms with Crippen molar-refractivity contribution in [1.82, 2.24) is 4.90 Å². The van der Waals surface area contributed by atoms with Crippen molar-refractivity contribution in [2.45, 2.75) is 58.4 Å². The molecule has 1 aliphatic carbocycles. The van der Waals surface area contributed by atoms with Gasteiger partial charge in [0, 0.05) is 24.5 Å². The first-order chi connectivity index (χ1) is 8.03. The second-order valence-electron chi connectivity index (χ2n) is 6.30. The Labute approximate surface area is 105 Å². The molecule has 1 heterocycles. The minimum Gasteiger partial charge on any atom is -0.341 e. The standard InChI is InChI=1S/C14H26N2O/c1-11-6-9-16(10-12(11)15)13(17)14(2)7-4-3-5-8-14/h11-12H,3-10,15H2,1-2H3. The van der Waals surface area contributed by atoms with Crippen LogP contribution in [0.3, 0.4) is 0 Å². The van der Waals surface area contributed by atoms with E-state index in [1.165, 1.54) is 19.3 Å². The van der Waals surface area contributed by atoms with Gasteiger partial charge >= 0.3 is 0 Å². The molecule has 0 aromatic carbocycles. The average Bonchev–Trinajstić information content (AvgIpc) is 2.33. The fourth-order valence-corrected chi connectivity index (χ4v) is 3.21. The van der Waals surface area contributed by atoms with Crippen LogP contribution in [0.15, 0.2) is 0 Å². The molecule has 0 aromatic rings. The lowest BCUT2D eigenvalue weighted by molar-refractivity contribution is -0.144. The van der Waals surface area contributed by atoms with Gasteiger partial charge in [-0.2, -0.15) is 0 Å². The molecule has 0 radical (unpaired) electrons. The summed E-state index contributed by atoms with van der Waals surface area (Å²) in [5.41, 5.74) is 5.99. The van der Waals surface area contributed by atoms with Crippen molar-refractivity contribution in [3.63, 3.8) is 0 Å². The molecule has 2 fully saturated rings.